The molecular formula is C19H26N2O2S. The van der Waals surface area contributed by atoms with Crippen molar-refractivity contribution in [1.82, 2.24) is 10.2 Å². The van der Waals surface area contributed by atoms with Gasteiger partial charge in [0.1, 0.15) is 0 Å². The van der Waals surface area contributed by atoms with E-state index in [2.05, 4.69) is 39.9 Å². The highest BCUT2D eigenvalue weighted by Gasteiger charge is 2.22. The van der Waals surface area contributed by atoms with Gasteiger partial charge in [0.05, 0.1) is 6.61 Å². The van der Waals surface area contributed by atoms with Crippen molar-refractivity contribution in [3.8, 4) is 0 Å². The lowest BCUT2D eigenvalue weighted by atomic mass is 10.1. The summed E-state index contributed by atoms with van der Waals surface area (Å²) in [7, 11) is 0. The number of hydrogen-bond donors (Lipinski definition) is 1. The molecule has 0 aliphatic carbocycles. The van der Waals surface area contributed by atoms with Crippen LogP contribution in [0.1, 0.15) is 25.3 Å². The van der Waals surface area contributed by atoms with Crippen LogP contribution in [0.3, 0.4) is 0 Å². The predicted molar refractivity (Wildman–Crippen MR) is 99.6 cm³/mol. The quantitative estimate of drug-likeness (QED) is 0.747. The zero-order chi connectivity index (χ0) is 16.8. The highest BCUT2D eigenvalue weighted by Crippen LogP contribution is 2.21. The van der Waals surface area contributed by atoms with Crippen LogP contribution in [0.5, 0.6) is 0 Å². The van der Waals surface area contributed by atoms with Crippen molar-refractivity contribution in [3.05, 3.63) is 35.2 Å². The first-order valence-corrected chi connectivity index (χ1v) is 9.62. The molecule has 130 valence electrons. The normalized spacial score (nSPS) is 18.3. The molecule has 1 aromatic heterocycles. The first kappa shape index (κ1) is 17.4. The first-order chi connectivity index (χ1) is 11.7. The zero-order valence-corrected chi connectivity index (χ0v) is 15.1. The summed E-state index contributed by atoms with van der Waals surface area (Å²) >= 11 is 1.79. The lowest BCUT2D eigenvalue weighted by Crippen LogP contribution is -2.35. The van der Waals surface area contributed by atoms with Gasteiger partial charge in [-0.15, -0.1) is 11.3 Å². The second-order valence-electron chi connectivity index (χ2n) is 6.50. The summed E-state index contributed by atoms with van der Waals surface area (Å²) in [5.41, 5.74) is 1.35. The number of hydrogen-bond acceptors (Lipinski definition) is 4. The molecule has 0 spiro atoms. The van der Waals surface area contributed by atoms with Gasteiger partial charge in [0.2, 0.25) is 5.91 Å². The average molecular weight is 346 g/mol. The van der Waals surface area contributed by atoms with E-state index >= 15 is 0 Å². The Hall–Kier alpha value is -1.43. The van der Waals surface area contributed by atoms with Gasteiger partial charge in [-0.3, -0.25) is 4.79 Å². The predicted octanol–water partition coefficient (Wildman–Crippen LogP) is 3.06. The molecule has 1 aliphatic heterocycles. The summed E-state index contributed by atoms with van der Waals surface area (Å²) in [4.78, 5) is 13.5. The summed E-state index contributed by atoms with van der Waals surface area (Å²) in [5.74, 6) is 0.0748. The van der Waals surface area contributed by atoms with E-state index in [1.54, 1.807) is 18.3 Å². The van der Waals surface area contributed by atoms with Gasteiger partial charge in [0.25, 0.3) is 0 Å². The molecule has 1 amide bonds. The van der Waals surface area contributed by atoms with Crippen molar-refractivity contribution < 1.29 is 9.53 Å². The number of benzene rings is 1. The molecule has 1 aliphatic rings. The number of rotatable bonds is 8. The standard InChI is InChI=1S/C19H26N2O2S/c1-15(22)20-18-5-9-21(14-18)8-2-10-23-11-6-16-3-4-19-17(13-16)7-12-24-19/h3-4,7,12-13,18H,2,5-6,8-11,14H2,1H3,(H,20,22). The van der Waals surface area contributed by atoms with Crippen LogP contribution in [0.4, 0.5) is 0 Å². The van der Waals surface area contributed by atoms with E-state index in [4.69, 9.17) is 4.74 Å². The van der Waals surface area contributed by atoms with Crippen molar-refractivity contribution in [2.75, 3.05) is 32.8 Å². The monoisotopic (exact) mass is 346 g/mol. The Balaban J connectivity index is 1.27. The fraction of sp³-hybridized carbons (Fsp3) is 0.526. The maximum atomic E-state index is 11.1. The molecule has 24 heavy (non-hydrogen) atoms. The van der Waals surface area contributed by atoms with Crippen LogP contribution >= 0.6 is 11.3 Å². The number of likely N-dealkylation sites (tertiary alicyclic amines) is 1. The van der Waals surface area contributed by atoms with Gasteiger partial charge in [0.15, 0.2) is 0 Å². The van der Waals surface area contributed by atoms with Crippen LogP contribution in [0.2, 0.25) is 0 Å². The fourth-order valence-electron chi connectivity index (χ4n) is 3.29. The number of nitrogens with zero attached hydrogens (tertiary/aromatic N) is 1. The van der Waals surface area contributed by atoms with Crippen LogP contribution < -0.4 is 5.32 Å². The molecule has 3 rings (SSSR count). The number of thiophene rings is 1. The fourth-order valence-corrected chi connectivity index (χ4v) is 4.07. The minimum atomic E-state index is 0.0748. The number of nitrogens with one attached hydrogen (secondary N) is 1. The van der Waals surface area contributed by atoms with Crippen molar-refractivity contribution >= 4 is 27.3 Å². The number of amides is 1. The van der Waals surface area contributed by atoms with Gasteiger partial charge in [0, 0.05) is 43.9 Å². The van der Waals surface area contributed by atoms with Crippen LogP contribution in [0.25, 0.3) is 10.1 Å². The van der Waals surface area contributed by atoms with E-state index in [1.807, 2.05) is 0 Å². The molecule has 1 saturated heterocycles. The largest absolute Gasteiger partial charge is 0.381 e. The molecule has 1 aromatic carbocycles. The summed E-state index contributed by atoms with van der Waals surface area (Å²) in [6, 6.07) is 9.18. The number of carbonyl (C=O) groups is 1. The number of ether oxygens (including phenoxy) is 1. The average Bonchev–Trinajstić information content (AvgIpc) is 3.18. The van der Waals surface area contributed by atoms with E-state index in [0.29, 0.717) is 6.04 Å². The maximum Gasteiger partial charge on any atom is 0.217 e. The topological polar surface area (TPSA) is 41.6 Å². The third kappa shape index (κ3) is 5.03. The highest BCUT2D eigenvalue weighted by molar-refractivity contribution is 7.17. The Morgan fingerprint density at radius 2 is 2.29 bits per heavy atom. The Kier molecular flexibility index (Phi) is 6.24. The SMILES string of the molecule is CC(=O)NC1CCN(CCCOCCc2ccc3sccc3c2)C1. The van der Waals surface area contributed by atoms with Gasteiger partial charge in [-0.2, -0.15) is 0 Å². The van der Waals surface area contributed by atoms with Crippen LogP contribution in [-0.2, 0) is 16.0 Å². The molecule has 1 fully saturated rings. The van der Waals surface area contributed by atoms with Gasteiger partial charge in [-0.05, 0) is 47.7 Å². The third-order valence-corrected chi connectivity index (χ3v) is 5.39. The molecule has 2 heterocycles. The second-order valence-corrected chi connectivity index (χ2v) is 7.44. The molecule has 5 heteroatoms. The van der Waals surface area contributed by atoms with Gasteiger partial charge >= 0.3 is 0 Å². The highest BCUT2D eigenvalue weighted by atomic mass is 32.1. The lowest BCUT2D eigenvalue weighted by Gasteiger charge is -2.16. The van der Waals surface area contributed by atoms with E-state index < -0.39 is 0 Å². The smallest absolute Gasteiger partial charge is 0.217 e. The Morgan fingerprint density at radius 1 is 1.38 bits per heavy atom. The van der Waals surface area contributed by atoms with Crippen molar-refractivity contribution in [2.45, 2.75) is 32.2 Å². The Labute approximate surface area is 147 Å². The number of carbonyl (C=O) groups excluding carboxylic acids is 1. The van der Waals surface area contributed by atoms with Gasteiger partial charge < -0.3 is 15.0 Å². The van der Waals surface area contributed by atoms with Crippen molar-refractivity contribution in [2.24, 2.45) is 0 Å². The lowest BCUT2D eigenvalue weighted by molar-refractivity contribution is -0.119. The Bertz CT molecular complexity index is 670. The van der Waals surface area contributed by atoms with Gasteiger partial charge in [-0.25, -0.2) is 0 Å². The minimum Gasteiger partial charge on any atom is -0.381 e. The molecule has 1 atom stereocenters. The maximum absolute atomic E-state index is 11.1. The van der Waals surface area contributed by atoms with E-state index in [-0.39, 0.29) is 5.91 Å². The molecule has 1 unspecified atom stereocenters. The Morgan fingerprint density at radius 3 is 3.17 bits per heavy atom. The molecule has 1 N–H and O–H groups in total. The third-order valence-electron chi connectivity index (χ3n) is 4.49. The minimum absolute atomic E-state index is 0.0748. The summed E-state index contributed by atoms with van der Waals surface area (Å²) < 4.78 is 7.14. The van der Waals surface area contributed by atoms with Crippen molar-refractivity contribution in [1.29, 1.82) is 0 Å². The van der Waals surface area contributed by atoms with Crippen LogP contribution in [0.15, 0.2) is 29.6 Å². The molecule has 0 radical (unpaired) electrons. The van der Waals surface area contributed by atoms with E-state index in [0.717, 1.165) is 52.1 Å². The summed E-state index contributed by atoms with van der Waals surface area (Å²) in [6.07, 6.45) is 3.09. The molecule has 2 aromatic rings. The van der Waals surface area contributed by atoms with Gasteiger partial charge in [-0.1, -0.05) is 12.1 Å². The summed E-state index contributed by atoms with van der Waals surface area (Å²) in [5, 5.41) is 6.47. The van der Waals surface area contributed by atoms with Crippen LogP contribution in [-0.4, -0.2) is 49.7 Å². The number of fused-ring (bicyclic) bond motifs is 1. The van der Waals surface area contributed by atoms with Crippen molar-refractivity contribution in [3.63, 3.8) is 0 Å². The zero-order valence-electron chi connectivity index (χ0n) is 14.3. The second kappa shape index (κ2) is 8.60. The van der Waals surface area contributed by atoms with Crippen LogP contribution in [0, 0.1) is 0 Å². The summed E-state index contributed by atoms with van der Waals surface area (Å²) in [6.45, 7) is 6.28. The first-order valence-electron chi connectivity index (χ1n) is 8.74. The van der Waals surface area contributed by atoms with E-state index in [1.165, 1.54) is 15.6 Å². The van der Waals surface area contributed by atoms with E-state index in [9.17, 15) is 4.79 Å². The molecule has 0 saturated carbocycles. The molecule has 0 bridgehead atoms. The molecule has 4 nitrogen and oxygen atoms in total. The molecular weight excluding hydrogens is 320 g/mol.